The maximum Gasteiger partial charge on any atom is 0.313 e. The number of rotatable bonds is 5. The number of aliphatic carboxylic acids is 1. The van der Waals surface area contributed by atoms with Crippen molar-refractivity contribution in [2.45, 2.75) is 38.5 Å². The van der Waals surface area contributed by atoms with Crippen molar-refractivity contribution in [3.63, 3.8) is 0 Å². The highest BCUT2D eigenvalue weighted by Crippen LogP contribution is 2.28. The molecule has 0 heterocycles. The molecule has 0 aromatic heterocycles. The largest absolute Gasteiger partial charge is 0.481 e. The van der Waals surface area contributed by atoms with Crippen molar-refractivity contribution < 1.29 is 9.90 Å². The maximum atomic E-state index is 11.4. The Morgan fingerprint density at radius 3 is 2.24 bits per heavy atom. The van der Waals surface area contributed by atoms with E-state index in [0.717, 1.165) is 5.56 Å². The van der Waals surface area contributed by atoms with Crippen molar-refractivity contribution in [3.8, 4) is 0 Å². The summed E-state index contributed by atoms with van der Waals surface area (Å²) in [6.07, 6.45) is 0.448. The van der Waals surface area contributed by atoms with Gasteiger partial charge in [0.05, 0.1) is 5.41 Å². The minimum Gasteiger partial charge on any atom is -0.481 e. The molecule has 3 N–H and O–H groups in total. The van der Waals surface area contributed by atoms with Crippen LogP contribution in [0.1, 0.15) is 44.2 Å². The summed E-state index contributed by atoms with van der Waals surface area (Å²) in [6.45, 7) is 6.33. The van der Waals surface area contributed by atoms with Crippen LogP contribution in [0.3, 0.4) is 0 Å². The van der Waals surface area contributed by atoms with Gasteiger partial charge < -0.3 is 10.8 Å². The average molecular weight is 235 g/mol. The number of hydrogen-bond donors (Lipinski definition) is 2. The van der Waals surface area contributed by atoms with Crippen molar-refractivity contribution in [2.75, 3.05) is 6.54 Å². The molecule has 0 bridgehead atoms. The van der Waals surface area contributed by atoms with Crippen LogP contribution in [-0.4, -0.2) is 17.6 Å². The minimum absolute atomic E-state index is 0.370. The van der Waals surface area contributed by atoms with Gasteiger partial charge in [-0.1, -0.05) is 38.1 Å². The zero-order valence-corrected chi connectivity index (χ0v) is 10.7. The molecular formula is C14H21NO2. The molecular weight excluding hydrogens is 214 g/mol. The SMILES string of the molecule is CC(C)c1ccc(C(C)(CCN)C(=O)O)cc1. The van der Waals surface area contributed by atoms with E-state index in [1.54, 1.807) is 6.92 Å². The first-order valence-electron chi connectivity index (χ1n) is 5.95. The fourth-order valence-corrected chi connectivity index (χ4v) is 1.90. The topological polar surface area (TPSA) is 63.3 Å². The Hall–Kier alpha value is -1.35. The molecule has 0 spiro atoms. The summed E-state index contributed by atoms with van der Waals surface area (Å²) >= 11 is 0. The van der Waals surface area contributed by atoms with Crippen molar-refractivity contribution >= 4 is 5.97 Å². The lowest BCUT2D eigenvalue weighted by Crippen LogP contribution is -2.34. The average Bonchev–Trinajstić information content (AvgIpc) is 2.29. The van der Waals surface area contributed by atoms with E-state index in [1.165, 1.54) is 5.56 Å². The van der Waals surface area contributed by atoms with Gasteiger partial charge in [-0.25, -0.2) is 0 Å². The molecule has 0 amide bonds. The Kier molecular flexibility index (Phi) is 4.29. The standard InChI is InChI=1S/C14H21NO2/c1-10(2)11-4-6-12(7-5-11)14(3,8-9-15)13(16)17/h4-7,10H,8-9,15H2,1-3H3,(H,16,17). The highest BCUT2D eigenvalue weighted by molar-refractivity contribution is 5.80. The zero-order valence-electron chi connectivity index (χ0n) is 10.7. The highest BCUT2D eigenvalue weighted by atomic mass is 16.4. The number of carboxylic acid groups (broad SMARTS) is 1. The second-order valence-electron chi connectivity index (χ2n) is 4.95. The molecule has 0 aliphatic carbocycles. The van der Waals surface area contributed by atoms with Crippen LogP contribution in [0.25, 0.3) is 0 Å². The lowest BCUT2D eigenvalue weighted by Gasteiger charge is -2.25. The second-order valence-corrected chi connectivity index (χ2v) is 4.95. The van der Waals surface area contributed by atoms with E-state index in [-0.39, 0.29) is 0 Å². The molecule has 3 nitrogen and oxygen atoms in total. The van der Waals surface area contributed by atoms with E-state index in [1.807, 2.05) is 24.3 Å². The van der Waals surface area contributed by atoms with E-state index >= 15 is 0 Å². The van der Waals surface area contributed by atoms with Crippen molar-refractivity contribution in [2.24, 2.45) is 5.73 Å². The van der Waals surface area contributed by atoms with Gasteiger partial charge in [0.1, 0.15) is 0 Å². The predicted octanol–water partition coefficient (Wildman–Crippen LogP) is 2.50. The molecule has 0 radical (unpaired) electrons. The van der Waals surface area contributed by atoms with Crippen LogP contribution in [0.15, 0.2) is 24.3 Å². The Labute approximate surface area is 103 Å². The van der Waals surface area contributed by atoms with Gasteiger partial charge in [0.2, 0.25) is 0 Å². The molecule has 1 aromatic rings. The first kappa shape index (κ1) is 13.7. The first-order valence-corrected chi connectivity index (χ1v) is 5.95. The van der Waals surface area contributed by atoms with E-state index in [9.17, 15) is 9.90 Å². The fraction of sp³-hybridized carbons (Fsp3) is 0.500. The Balaban J connectivity index is 3.08. The van der Waals surface area contributed by atoms with Crippen LogP contribution in [-0.2, 0) is 10.2 Å². The predicted molar refractivity (Wildman–Crippen MR) is 69.2 cm³/mol. The van der Waals surface area contributed by atoms with Gasteiger partial charge in [0, 0.05) is 0 Å². The molecule has 0 aliphatic heterocycles. The number of benzene rings is 1. The van der Waals surface area contributed by atoms with E-state index in [4.69, 9.17) is 5.73 Å². The molecule has 0 saturated heterocycles. The summed E-state index contributed by atoms with van der Waals surface area (Å²) in [4.78, 5) is 11.4. The van der Waals surface area contributed by atoms with Crippen LogP contribution in [0.5, 0.6) is 0 Å². The number of hydrogen-bond acceptors (Lipinski definition) is 2. The summed E-state index contributed by atoms with van der Waals surface area (Å²) in [6, 6.07) is 7.80. The van der Waals surface area contributed by atoms with Gasteiger partial charge in [-0.3, -0.25) is 4.79 Å². The minimum atomic E-state index is -0.885. The Bertz CT molecular complexity index is 384. The van der Waals surface area contributed by atoms with Crippen molar-refractivity contribution in [1.82, 2.24) is 0 Å². The van der Waals surface area contributed by atoms with Crippen molar-refractivity contribution in [1.29, 1.82) is 0 Å². The van der Waals surface area contributed by atoms with Crippen LogP contribution < -0.4 is 5.73 Å². The van der Waals surface area contributed by atoms with Crippen LogP contribution in [0, 0.1) is 0 Å². The summed E-state index contributed by atoms with van der Waals surface area (Å²) in [5.41, 5.74) is 6.66. The first-order chi connectivity index (χ1) is 7.91. The number of carboxylic acids is 1. The van der Waals surface area contributed by atoms with E-state index in [0.29, 0.717) is 18.9 Å². The summed E-state index contributed by atoms with van der Waals surface area (Å²) < 4.78 is 0. The third kappa shape index (κ3) is 2.86. The van der Waals surface area contributed by atoms with Crippen LogP contribution in [0.4, 0.5) is 0 Å². The normalized spacial score (nSPS) is 14.6. The lowest BCUT2D eigenvalue weighted by molar-refractivity contribution is -0.143. The molecule has 1 unspecified atom stereocenters. The van der Waals surface area contributed by atoms with Gasteiger partial charge in [-0.05, 0) is 36.9 Å². The van der Waals surface area contributed by atoms with Crippen molar-refractivity contribution in [3.05, 3.63) is 35.4 Å². The second kappa shape index (κ2) is 5.32. The summed E-state index contributed by atoms with van der Waals surface area (Å²) in [5.74, 6) is -0.366. The highest BCUT2D eigenvalue weighted by Gasteiger charge is 2.34. The Morgan fingerprint density at radius 1 is 1.35 bits per heavy atom. The molecule has 1 atom stereocenters. The van der Waals surface area contributed by atoms with Gasteiger partial charge in [0.15, 0.2) is 0 Å². The summed E-state index contributed by atoms with van der Waals surface area (Å²) in [5, 5.41) is 9.34. The molecule has 1 rings (SSSR count). The van der Waals surface area contributed by atoms with Gasteiger partial charge >= 0.3 is 5.97 Å². The molecule has 94 valence electrons. The fourth-order valence-electron chi connectivity index (χ4n) is 1.90. The molecule has 17 heavy (non-hydrogen) atoms. The monoisotopic (exact) mass is 235 g/mol. The number of nitrogens with two attached hydrogens (primary N) is 1. The van der Waals surface area contributed by atoms with Gasteiger partial charge in [0.25, 0.3) is 0 Å². The zero-order chi connectivity index (χ0) is 13.1. The summed E-state index contributed by atoms with van der Waals surface area (Å²) in [7, 11) is 0. The quantitative estimate of drug-likeness (QED) is 0.824. The Morgan fingerprint density at radius 2 is 1.88 bits per heavy atom. The molecule has 0 saturated carbocycles. The van der Waals surface area contributed by atoms with Crippen LogP contribution >= 0.6 is 0 Å². The van der Waals surface area contributed by atoms with Gasteiger partial charge in [-0.2, -0.15) is 0 Å². The third-order valence-electron chi connectivity index (χ3n) is 3.33. The van der Waals surface area contributed by atoms with Crippen LogP contribution in [0.2, 0.25) is 0 Å². The van der Waals surface area contributed by atoms with E-state index < -0.39 is 11.4 Å². The lowest BCUT2D eigenvalue weighted by atomic mass is 9.79. The molecule has 0 fully saturated rings. The van der Waals surface area contributed by atoms with E-state index in [2.05, 4.69) is 13.8 Å². The molecule has 3 heteroatoms. The third-order valence-corrected chi connectivity index (χ3v) is 3.33. The van der Waals surface area contributed by atoms with Gasteiger partial charge in [-0.15, -0.1) is 0 Å². The molecule has 1 aromatic carbocycles. The smallest absolute Gasteiger partial charge is 0.313 e. The maximum absolute atomic E-state index is 11.4. The number of carbonyl (C=O) groups is 1. The molecule has 0 aliphatic rings.